The lowest BCUT2D eigenvalue weighted by atomic mass is 10.1. The number of hydrogen-bond donors (Lipinski definition) is 1. The molecule has 0 saturated heterocycles. The third-order valence-corrected chi connectivity index (χ3v) is 4.66. The molecule has 1 unspecified atom stereocenters. The van der Waals surface area contributed by atoms with Gasteiger partial charge in [-0.1, -0.05) is 24.6 Å². The van der Waals surface area contributed by atoms with E-state index >= 15 is 0 Å². The number of hydrogen-bond acceptors (Lipinski definition) is 2. The van der Waals surface area contributed by atoms with Crippen molar-refractivity contribution in [3.63, 3.8) is 0 Å². The Labute approximate surface area is 113 Å². The minimum Gasteiger partial charge on any atom is -0.323 e. The van der Waals surface area contributed by atoms with E-state index in [4.69, 9.17) is 17.3 Å². The van der Waals surface area contributed by atoms with Crippen LogP contribution in [-0.2, 0) is 0 Å². The van der Waals surface area contributed by atoms with Gasteiger partial charge in [-0.2, -0.15) is 11.8 Å². The number of halogens is 3. The summed E-state index contributed by atoms with van der Waals surface area (Å²) < 4.78 is 14.3. The minimum absolute atomic E-state index is 0.105. The fraction of sp³-hybridized carbons (Fsp3) is 0.455. The monoisotopic (exact) mass is 325 g/mol. The summed E-state index contributed by atoms with van der Waals surface area (Å²) in [5, 5.41) is 0.105. The second-order valence-electron chi connectivity index (χ2n) is 3.45. The van der Waals surface area contributed by atoms with Crippen LogP contribution in [0.15, 0.2) is 16.6 Å². The molecule has 1 rings (SSSR count). The van der Waals surface area contributed by atoms with Crippen LogP contribution in [-0.4, -0.2) is 11.5 Å². The van der Waals surface area contributed by atoms with Crippen molar-refractivity contribution in [3.05, 3.63) is 33.0 Å². The summed E-state index contributed by atoms with van der Waals surface area (Å²) in [6.45, 7) is 2.11. The van der Waals surface area contributed by atoms with E-state index in [1.165, 1.54) is 0 Å². The fourth-order valence-electron chi connectivity index (χ4n) is 1.27. The Balaban J connectivity index is 2.76. The topological polar surface area (TPSA) is 26.0 Å². The maximum absolute atomic E-state index is 13.8. The molecule has 0 spiro atoms. The van der Waals surface area contributed by atoms with Gasteiger partial charge in [0.25, 0.3) is 0 Å². The highest BCUT2D eigenvalue weighted by atomic mass is 79.9. The average molecular weight is 327 g/mol. The van der Waals surface area contributed by atoms with Crippen LogP contribution in [0.1, 0.15) is 24.9 Å². The second kappa shape index (κ2) is 6.84. The molecule has 5 heteroatoms. The third kappa shape index (κ3) is 3.62. The summed E-state index contributed by atoms with van der Waals surface area (Å²) in [7, 11) is 0. The molecule has 0 aliphatic carbocycles. The van der Waals surface area contributed by atoms with E-state index in [1.54, 1.807) is 23.9 Å². The molecule has 0 aliphatic heterocycles. The molecule has 0 radical (unpaired) electrons. The first kappa shape index (κ1) is 14.3. The van der Waals surface area contributed by atoms with Crippen LogP contribution < -0.4 is 5.73 Å². The lowest BCUT2D eigenvalue weighted by Crippen LogP contribution is -2.15. The first-order valence-electron chi connectivity index (χ1n) is 5.04. The molecule has 0 aromatic heterocycles. The molecule has 90 valence electrons. The van der Waals surface area contributed by atoms with E-state index in [1.807, 2.05) is 0 Å². The maximum atomic E-state index is 13.8. The number of nitrogens with two attached hydrogens (primary N) is 1. The van der Waals surface area contributed by atoms with Crippen molar-refractivity contribution in [2.45, 2.75) is 19.4 Å². The number of rotatable bonds is 5. The first-order chi connectivity index (χ1) is 7.57. The van der Waals surface area contributed by atoms with Gasteiger partial charge in [-0.3, -0.25) is 0 Å². The van der Waals surface area contributed by atoms with Gasteiger partial charge in [0.1, 0.15) is 5.82 Å². The van der Waals surface area contributed by atoms with Crippen molar-refractivity contribution in [2.24, 2.45) is 5.73 Å². The number of benzene rings is 1. The standard InChI is InChI=1S/C11H14BrClFNS/c1-2-5-16-6-9(15)7-3-4-8(12)10(13)11(7)14/h3-4,9H,2,5-6,15H2,1H3. The molecule has 0 fully saturated rings. The molecule has 0 amide bonds. The zero-order valence-electron chi connectivity index (χ0n) is 8.97. The molecule has 16 heavy (non-hydrogen) atoms. The average Bonchev–Trinajstić information content (AvgIpc) is 2.26. The summed E-state index contributed by atoms with van der Waals surface area (Å²) in [4.78, 5) is 0. The second-order valence-corrected chi connectivity index (χ2v) is 5.83. The van der Waals surface area contributed by atoms with E-state index in [9.17, 15) is 4.39 Å². The summed E-state index contributed by atoms with van der Waals surface area (Å²) >= 11 is 10.7. The molecule has 0 saturated carbocycles. The van der Waals surface area contributed by atoms with Gasteiger partial charge in [0.15, 0.2) is 0 Å². The van der Waals surface area contributed by atoms with Crippen LogP contribution in [0.2, 0.25) is 5.02 Å². The fourth-order valence-corrected chi connectivity index (χ4v) is 2.64. The quantitative estimate of drug-likeness (QED) is 0.641. The lowest BCUT2D eigenvalue weighted by molar-refractivity contribution is 0.595. The van der Waals surface area contributed by atoms with Crippen LogP contribution in [0, 0.1) is 5.82 Å². The van der Waals surface area contributed by atoms with Crippen LogP contribution in [0.3, 0.4) is 0 Å². The highest BCUT2D eigenvalue weighted by Crippen LogP contribution is 2.30. The van der Waals surface area contributed by atoms with E-state index in [-0.39, 0.29) is 11.1 Å². The van der Waals surface area contributed by atoms with Crippen molar-refractivity contribution < 1.29 is 4.39 Å². The van der Waals surface area contributed by atoms with Crippen molar-refractivity contribution in [1.29, 1.82) is 0 Å². The van der Waals surface area contributed by atoms with Crippen molar-refractivity contribution >= 4 is 39.3 Å². The normalized spacial score (nSPS) is 12.8. The van der Waals surface area contributed by atoms with E-state index < -0.39 is 5.82 Å². The largest absolute Gasteiger partial charge is 0.323 e. The third-order valence-electron chi connectivity index (χ3n) is 2.11. The highest BCUT2D eigenvalue weighted by molar-refractivity contribution is 9.10. The Hall–Kier alpha value is 0.230. The molecular formula is C11H14BrClFNS. The molecule has 0 bridgehead atoms. The van der Waals surface area contributed by atoms with E-state index in [0.29, 0.717) is 15.8 Å². The summed E-state index contributed by atoms with van der Waals surface area (Å²) in [5.41, 5.74) is 6.40. The predicted molar refractivity (Wildman–Crippen MR) is 73.7 cm³/mol. The predicted octanol–water partition coefficient (Wildman–Crippen LogP) is 4.38. The van der Waals surface area contributed by atoms with Crippen LogP contribution in [0.4, 0.5) is 4.39 Å². The van der Waals surface area contributed by atoms with Crippen LogP contribution in [0.25, 0.3) is 0 Å². The Bertz CT molecular complexity index is 362. The highest BCUT2D eigenvalue weighted by Gasteiger charge is 2.15. The van der Waals surface area contributed by atoms with Gasteiger partial charge in [-0.25, -0.2) is 4.39 Å². The molecule has 1 aromatic rings. The molecule has 1 aromatic carbocycles. The van der Waals surface area contributed by atoms with Crippen molar-refractivity contribution in [2.75, 3.05) is 11.5 Å². The first-order valence-corrected chi connectivity index (χ1v) is 7.37. The van der Waals surface area contributed by atoms with Crippen molar-refractivity contribution in [3.8, 4) is 0 Å². The van der Waals surface area contributed by atoms with Gasteiger partial charge in [0.2, 0.25) is 0 Å². The Morgan fingerprint density at radius 1 is 1.56 bits per heavy atom. The zero-order valence-corrected chi connectivity index (χ0v) is 12.1. The molecular weight excluding hydrogens is 313 g/mol. The van der Waals surface area contributed by atoms with Crippen LogP contribution >= 0.6 is 39.3 Å². The molecule has 1 nitrogen and oxygen atoms in total. The summed E-state index contributed by atoms with van der Waals surface area (Å²) in [6, 6.07) is 3.11. The molecule has 0 aliphatic rings. The Morgan fingerprint density at radius 3 is 2.88 bits per heavy atom. The summed E-state index contributed by atoms with van der Waals surface area (Å²) in [6.07, 6.45) is 1.10. The van der Waals surface area contributed by atoms with Gasteiger partial charge < -0.3 is 5.73 Å². The Kier molecular flexibility index (Phi) is 6.11. The number of thioether (sulfide) groups is 1. The van der Waals surface area contributed by atoms with Gasteiger partial charge in [0.05, 0.1) is 5.02 Å². The van der Waals surface area contributed by atoms with Crippen molar-refractivity contribution in [1.82, 2.24) is 0 Å². The minimum atomic E-state index is -0.416. The Morgan fingerprint density at radius 2 is 2.25 bits per heavy atom. The molecule has 1 atom stereocenters. The molecule has 0 heterocycles. The van der Waals surface area contributed by atoms with E-state index in [0.717, 1.165) is 12.2 Å². The smallest absolute Gasteiger partial charge is 0.147 e. The zero-order chi connectivity index (χ0) is 12.1. The SMILES string of the molecule is CCCSCC(N)c1ccc(Br)c(Cl)c1F. The van der Waals surface area contributed by atoms with Gasteiger partial charge in [0, 0.05) is 21.8 Å². The van der Waals surface area contributed by atoms with Gasteiger partial charge >= 0.3 is 0 Å². The van der Waals surface area contributed by atoms with Gasteiger partial charge in [-0.05, 0) is 34.2 Å². The summed E-state index contributed by atoms with van der Waals surface area (Å²) in [5.74, 6) is 1.34. The van der Waals surface area contributed by atoms with Gasteiger partial charge in [-0.15, -0.1) is 0 Å². The molecule has 2 N–H and O–H groups in total. The van der Waals surface area contributed by atoms with E-state index in [2.05, 4.69) is 22.9 Å². The maximum Gasteiger partial charge on any atom is 0.147 e. The van der Waals surface area contributed by atoms with Crippen LogP contribution in [0.5, 0.6) is 0 Å². The lowest BCUT2D eigenvalue weighted by Gasteiger charge is -2.13.